The Bertz CT molecular complexity index is 872. The van der Waals surface area contributed by atoms with Crippen molar-refractivity contribution in [3.8, 4) is 11.5 Å². The summed E-state index contributed by atoms with van der Waals surface area (Å²) >= 11 is 0. The molecule has 5 atom stereocenters. The van der Waals surface area contributed by atoms with Crippen molar-refractivity contribution >= 4 is 11.9 Å². The summed E-state index contributed by atoms with van der Waals surface area (Å²) in [5, 5.41) is 16.0. The molecule has 3 rings (SSSR count). The number of hydrogen-bond donors (Lipinski definition) is 3. The normalized spacial score (nSPS) is 25.4. The topological polar surface area (TPSA) is 144 Å². The Morgan fingerprint density at radius 3 is 2.72 bits per heavy atom. The number of aliphatic carboxylic acids is 1. The van der Waals surface area contributed by atoms with E-state index in [1.165, 1.54) is 12.1 Å². The summed E-state index contributed by atoms with van der Waals surface area (Å²) in [7, 11) is 0. The van der Waals surface area contributed by atoms with Crippen LogP contribution in [-0.4, -0.2) is 44.2 Å². The van der Waals surface area contributed by atoms with E-state index in [2.05, 4.69) is 20.4 Å². The molecule has 0 spiro atoms. The second-order valence-electron chi connectivity index (χ2n) is 7.67. The van der Waals surface area contributed by atoms with Gasteiger partial charge in [0.1, 0.15) is 11.5 Å². The van der Waals surface area contributed by atoms with Crippen molar-refractivity contribution in [3.05, 3.63) is 30.0 Å². The lowest BCUT2D eigenvalue weighted by molar-refractivity contribution is -0.145. The van der Waals surface area contributed by atoms with Gasteiger partial charge in [0, 0.05) is 6.04 Å². The highest BCUT2D eigenvalue weighted by Gasteiger charge is 2.38. The number of nitrogens with zero attached hydrogens (tertiary/aromatic N) is 3. The first-order chi connectivity index (χ1) is 13.7. The number of halogens is 1. The lowest BCUT2D eigenvalue weighted by Gasteiger charge is -2.37. The maximum absolute atomic E-state index is 13.0. The fourth-order valence-corrected chi connectivity index (χ4v) is 3.55. The minimum absolute atomic E-state index is 0.0174. The molecule has 9 nitrogen and oxygen atoms in total. The third kappa shape index (κ3) is 4.94. The number of carbonyl (C=O) groups excluding carboxylic acids is 1. The van der Waals surface area contributed by atoms with Crippen molar-refractivity contribution in [1.29, 1.82) is 0 Å². The van der Waals surface area contributed by atoms with Crippen molar-refractivity contribution in [2.45, 2.75) is 45.2 Å². The molecule has 0 bridgehead atoms. The first-order valence-corrected chi connectivity index (χ1v) is 9.48. The van der Waals surface area contributed by atoms with Crippen LogP contribution in [0.5, 0.6) is 0 Å². The Morgan fingerprint density at radius 2 is 2.07 bits per heavy atom. The second-order valence-corrected chi connectivity index (χ2v) is 7.67. The lowest BCUT2D eigenvalue weighted by Crippen LogP contribution is -2.53. The van der Waals surface area contributed by atoms with Gasteiger partial charge in [-0.1, -0.05) is 19.0 Å². The number of carboxylic acids is 1. The first kappa shape index (κ1) is 20.8. The predicted octanol–water partition coefficient (Wildman–Crippen LogP) is 1.39. The van der Waals surface area contributed by atoms with E-state index in [0.717, 1.165) is 6.20 Å². The van der Waals surface area contributed by atoms with E-state index in [0.29, 0.717) is 24.5 Å². The van der Waals surface area contributed by atoms with Crippen LogP contribution in [0.15, 0.2) is 22.9 Å². The predicted molar refractivity (Wildman–Crippen MR) is 99.8 cm³/mol. The molecule has 1 fully saturated rings. The molecular formula is C19H24FN5O4. The van der Waals surface area contributed by atoms with Crippen molar-refractivity contribution in [2.75, 3.05) is 0 Å². The summed E-state index contributed by atoms with van der Waals surface area (Å²) in [6.45, 7) is 4.07. The zero-order valence-electron chi connectivity index (χ0n) is 16.2. The van der Waals surface area contributed by atoms with E-state index >= 15 is 0 Å². The van der Waals surface area contributed by atoms with Gasteiger partial charge in [0.05, 0.1) is 24.6 Å². The van der Waals surface area contributed by atoms with E-state index in [4.69, 9.17) is 10.3 Å². The summed E-state index contributed by atoms with van der Waals surface area (Å²) in [6, 6.07) is 1.18. The van der Waals surface area contributed by atoms with Crippen molar-refractivity contribution < 1.29 is 23.6 Å². The van der Waals surface area contributed by atoms with E-state index in [1.54, 1.807) is 0 Å². The molecule has 29 heavy (non-hydrogen) atoms. The number of carboxylic acid groups (broad SMARTS) is 1. The van der Waals surface area contributed by atoms with Crippen LogP contribution in [0.25, 0.3) is 11.5 Å². The maximum atomic E-state index is 13.0. The summed E-state index contributed by atoms with van der Waals surface area (Å²) in [6.07, 6.45) is 2.11. The molecule has 0 aliphatic heterocycles. The number of aromatic nitrogens is 3. The monoisotopic (exact) mass is 405 g/mol. The van der Waals surface area contributed by atoms with Crippen molar-refractivity contribution in [1.82, 2.24) is 20.4 Å². The Morgan fingerprint density at radius 1 is 1.34 bits per heavy atom. The fraction of sp³-hybridized carbons (Fsp3) is 0.526. The number of rotatable bonds is 6. The van der Waals surface area contributed by atoms with Gasteiger partial charge in [-0.25, -0.2) is 9.37 Å². The van der Waals surface area contributed by atoms with Gasteiger partial charge in [-0.15, -0.1) is 0 Å². The number of nitrogens with one attached hydrogen (secondary N) is 1. The van der Waals surface area contributed by atoms with E-state index < -0.39 is 35.7 Å². The number of hydrogen-bond acceptors (Lipinski definition) is 7. The van der Waals surface area contributed by atoms with Gasteiger partial charge in [-0.3, -0.25) is 9.59 Å². The highest BCUT2D eigenvalue weighted by atomic mass is 19.1. The zero-order valence-corrected chi connectivity index (χ0v) is 16.2. The number of amides is 1. The molecule has 2 aromatic heterocycles. The SMILES string of the molecule is CC1CC(NC(=O)C(N)Cc2nc(-c3ccc(F)cn3)no2)C(C(=O)O)CC1C. The van der Waals surface area contributed by atoms with Gasteiger partial charge < -0.3 is 20.7 Å². The van der Waals surface area contributed by atoms with Gasteiger partial charge >= 0.3 is 5.97 Å². The van der Waals surface area contributed by atoms with Crippen LogP contribution in [0, 0.1) is 23.6 Å². The number of nitrogens with two attached hydrogens (primary N) is 1. The molecule has 0 radical (unpaired) electrons. The van der Waals surface area contributed by atoms with Gasteiger partial charge in [-0.2, -0.15) is 4.98 Å². The molecule has 1 aliphatic rings. The van der Waals surface area contributed by atoms with Gasteiger partial charge in [0.25, 0.3) is 0 Å². The van der Waals surface area contributed by atoms with Crippen LogP contribution < -0.4 is 11.1 Å². The molecule has 0 saturated heterocycles. The van der Waals surface area contributed by atoms with Crippen LogP contribution in [-0.2, 0) is 16.0 Å². The highest BCUT2D eigenvalue weighted by Crippen LogP contribution is 2.33. The Hall–Kier alpha value is -2.88. The summed E-state index contributed by atoms with van der Waals surface area (Å²) in [5.74, 6) is -1.65. The van der Waals surface area contributed by atoms with E-state index in [-0.39, 0.29) is 24.1 Å². The average molecular weight is 405 g/mol. The average Bonchev–Trinajstić information content (AvgIpc) is 3.13. The largest absolute Gasteiger partial charge is 0.481 e. The molecule has 156 valence electrons. The molecule has 10 heteroatoms. The first-order valence-electron chi connectivity index (χ1n) is 9.48. The summed E-state index contributed by atoms with van der Waals surface area (Å²) < 4.78 is 18.1. The van der Waals surface area contributed by atoms with E-state index in [1.807, 2.05) is 13.8 Å². The van der Waals surface area contributed by atoms with Crippen LogP contribution in [0.3, 0.4) is 0 Å². The fourth-order valence-electron chi connectivity index (χ4n) is 3.55. The summed E-state index contributed by atoms with van der Waals surface area (Å²) in [4.78, 5) is 32.1. The molecule has 4 N–H and O–H groups in total. The van der Waals surface area contributed by atoms with Crippen molar-refractivity contribution in [3.63, 3.8) is 0 Å². The van der Waals surface area contributed by atoms with Crippen LogP contribution in [0.4, 0.5) is 4.39 Å². The van der Waals surface area contributed by atoms with Crippen LogP contribution in [0.2, 0.25) is 0 Å². The van der Waals surface area contributed by atoms with Gasteiger partial charge in [0.2, 0.25) is 17.6 Å². The number of carbonyl (C=O) groups is 2. The second kappa shape index (κ2) is 8.64. The standard InChI is InChI=1S/C19H24FN5O4/c1-9-5-12(19(27)28)15(6-10(9)2)23-18(26)13(21)7-16-24-17(25-29-16)14-4-3-11(20)8-22-14/h3-4,8-10,12-13,15H,5-7,21H2,1-2H3,(H,23,26)(H,27,28). The Kier molecular flexibility index (Phi) is 6.21. The molecule has 0 aromatic carbocycles. The Balaban J connectivity index is 1.62. The third-order valence-corrected chi connectivity index (χ3v) is 5.51. The third-order valence-electron chi connectivity index (χ3n) is 5.51. The molecule has 2 aromatic rings. The molecule has 2 heterocycles. The minimum atomic E-state index is -0.978. The number of pyridine rings is 1. The molecule has 1 amide bonds. The van der Waals surface area contributed by atoms with Gasteiger partial charge in [-0.05, 0) is 36.8 Å². The molecule has 5 unspecified atom stereocenters. The highest BCUT2D eigenvalue weighted by molar-refractivity contribution is 5.83. The van der Waals surface area contributed by atoms with Gasteiger partial charge in [0.15, 0.2) is 0 Å². The summed E-state index contributed by atoms with van der Waals surface area (Å²) in [5.41, 5.74) is 6.29. The minimum Gasteiger partial charge on any atom is -0.481 e. The molecular weight excluding hydrogens is 381 g/mol. The molecule has 1 aliphatic carbocycles. The Labute approximate surface area is 166 Å². The molecule has 1 saturated carbocycles. The van der Waals surface area contributed by atoms with Crippen LogP contribution >= 0.6 is 0 Å². The zero-order chi connectivity index (χ0) is 21.1. The maximum Gasteiger partial charge on any atom is 0.308 e. The quantitative estimate of drug-likeness (QED) is 0.654. The van der Waals surface area contributed by atoms with Crippen LogP contribution in [0.1, 0.15) is 32.6 Å². The van der Waals surface area contributed by atoms with Crippen molar-refractivity contribution in [2.24, 2.45) is 23.5 Å². The van der Waals surface area contributed by atoms with E-state index in [9.17, 15) is 19.1 Å². The lowest BCUT2D eigenvalue weighted by atomic mass is 9.73. The smallest absolute Gasteiger partial charge is 0.308 e.